The van der Waals surface area contributed by atoms with Gasteiger partial charge in [0.05, 0.1) is 18.3 Å². The van der Waals surface area contributed by atoms with Gasteiger partial charge in [0.1, 0.15) is 23.5 Å². The Hall–Kier alpha value is -3.26. The summed E-state index contributed by atoms with van der Waals surface area (Å²) in [5, 5.41) is 12.5. The third-order valence-electron chi connectivity index (χ3n) is 4.32. The number of hydrogen-bond donors (Lipinski definition) is 2. The lowest BCUT2D eigenvalue weighted by atomic mass is 10.1. The predicted octanol–water partition coefficient (Wildman–Crippen LogP) is 3.37. The summed E-state index contributed by atoms with van der Waals surface area (Å²) in [5.41, 5.74) is 2.73. The summed E-state index contributed by atoms with van der Waals surface area (Å²) in [7, 11) is 0. The van der Waals surface area contributed by atoms with Gasteiger partial charge in [0, 0.05) is 18.0 Å². The summed E-state index contributed by atoms with van der Waals surface area (Å²) in [6.07, 6.45) is 5.67. The molecule has 7 nitrogen and oxygen atoms in total. The van der Waals surface area contributed by atoms with Crippen LogP contribution in [0.5, 0.6) is 0 Å². The van der Waals surface area contributed by atoms with E-state index in [9.17, 15) is 9.50 Å². The number of imidazole rings is 1. The van der Waals surface area contributed by atoms with Crippen LogP contribution in [0, 0.1) is 5.82 Å². The molecule has 0 aliphatic heterocycles. The summed E-state index contributed by atoms with van der Waals surface area (Å²) in [6, 6.07) is 7.76. The van der Waals surface area contributed by atoms with Crippen LogP contribution in [0.2, 0.25) is 0 Å². The molecule has 2 N–H and O–H groups in total. The lowest BCUT2D eigenvalue weighted by Gasteiger charge is -2.14. The number of oxazole rings is 1. The first-order chi connectivity index (χ1) is 13.2. The van der Waals surface area contributed by atoms with Gasteiger partial charge in [0.15, 0.2) is 0 Å². The molecule has 1 atom stereocenters. The van der Waals surface area contributed by atoms with Crippen molar-refractivity contribution in [3.8, 4) is 22.6 Å². The smallest absolute Gasteiger partial charge is 0.306 e. The number of rotatable bonds is 6. The summed E-state index contributed by atoms with van der Waals surface area (Å²) >= 11 is 0. The molecule has 27 heavy (non-hydrogen) atoms. The maximum absolute atomic E-state index is 13.3. The Kier molecular flexibility index (Phi) is 4.55. The number of nitrogens with zero attached hydrogens (tertiary/aromatic N) is 4. The molecule has 0 bridgehead atoms. The molecular formula is C19H18FN5O2. The maximum atomic E-state index is 13.3. The molecule has 3 aromatic heterocycles. The van der Waals surface area contributed by atoms with Crippen molar-refractivity contribution >= 4 is 11.8 Å². The number of aliphatic hydroxyl groups is 1. The van der Waals surface area contributed by atoms with Crippen LogP contribution in [0.15, 0.2) is 53.4 Å². The van der Waals surface area contributed by atoms with Gasteiger partial charge in [-0.2, -0.15) is 4.98 Å². The second kappa shape index (κ2) is 7.16. The Morgan fingerprint density at radius 2 is 2.04 bits per heavy atom. The third kappa shape index (κ3) is 3.26. The van der Waals surface area contributed by atoms with Crippen LogP contribution in [-0.2, 0) is 0 Å². The normalized spacial score (nSPS) is 12.4. The Labute approximate surface area is 154 Å². The minimum absolute atomic E-state index is 0.0103. The largest absolute Gasteiger partial charge is 0.432 e. The van der Waals surface area contributed by atoms with Crippen molar-refractivity contribution in [1.29, 1.82) is 0 Å². The first-order valence-electron chi connectivity index (χ1n) is 8.62. The Bertz CT molecular complexity index is 1050. The van der Waals surface area contributed by atoms with E-state index in [1.165, 1.54) is 12.1 Å². The van der Waals surface area contributed by atoms with Crippen LogP contribution in [0.25, 0.3) is 28.5 Å². The molecule has 0 fully saturated rings. The Balaban J connectivity index is 1.82. The molecule has 8 heteroatoms. The number of hydrogen-bond acceptors (Lipinski definition) is 6. The molecular weight excluding hydrogens is 349 g/mol. The molecule has 4 rings (SSSR count). The lowest BCUT2D eigenvalue weighted by Crippen LogP contribution is -2.23. The monoisotopic (exact) mass is 367 g/mol. The number of nitrogens with one attached hydrogen (secondary N) is 1. The zero-order valence-electron chi connectivity index (χ0n) is 14.6. The van der Waals surface area contributed by atoms with Crippen molar-refractivity contribution in [2.24, 2.45) is 0 Å². The van der Waals surface area contributed by atoms with Gasteiger partial charge in [0.2, 0.25) is 5.95 Å². The van der Waals surface area contributed by atoms with E-state index < -0.39 is 0 Å². The van der Waals surface area contributed by atoms with Gasteiger partial charge in [-0.3, -0.25) is 4.40 Å². The van der Waals surface area contributed by atoms with Crippen LogP contribution in [0.1, 0.15) is 13.3 Å². The van der Waals surface area contributed by atoms with Gasteiger partial charge in [0.25, 0.3) is 0 Å². The van der Waals surface area contributed by atoms with Crippen molar-refractivity contribution in [1.82, 2.24) is 19.4 Å². The summed E-state index contributed by atoms with van der Waals surface area (Å²) in [4.78, 5) is 13.3. The highest BCUT2D eigenvalue weighted by atomic mass is 19.1. The van der Waals surface area contributed by atoms with Crippen LogP contribution in [0.3, 0.4) is 0 Å². The third-order valence-corrected chi connectivity index (χ3v) is 4.32. The van der Waals surface area contributed by atoms with E-state index in [0.29, 0.717) is 28.9 Å². The van der Waals surface area contributed by atoms with Crippen molar-refractivity contribution in [3.05, 3.63) is 54.8 Å². The molecule has 0 saturated heterocycles. The fraction of sp³-hybridized carbons (Fsp3) is 0.211. The second-order valence-electron chi connectivity index (χ2n) is 6.07. The van der Waals surface area contributed by atoms with Crippen molar-refractivity contribution < 1.29 is 13.9 Å². The lowest BCUT2D eigenvalue weighted by molar-refractivity contribution is 0.271. The van der Waals surface area contributed by atoms with E-state index >= 15 is 0 Å². The minimum atomic E-state index is -0.314. The zero-order valence-corrected chi connectivity index (χ0v) is 14.6. The highest BCUT2D eigenvalue weighted by molar-refractivity contribution is 5.79. The van der Waals surface area contributed by atoms with Gasteiger partial charge in [-0.05, 0) is 36.8 Å². The van der Waals surface area contributed by atoms with Gasteiger partial charge in [-0.25, -0.2) is 14.4 Å². The van der Waals surface area contributed by atoms with Crippen LogP contribution >= 0.6 is 0 Å². The van der Waals surface area contributed by atoms with Gasteiger partial charge >= 0.3 is 5.84 Å². The molecule has 138 valence electrons. The van der Waals surface area contributed by atoms with E-state index in [0.717, 1.165) is 12.0 Å². The van der Waals surface area contributed by atoms with Crippen molar-refractivity contribution in [2.45, 2.75) is 19.4 Å². The van der Waals surface area contributed by atoms with Gasteiger partial charge in [-0.15, -0.1) is 0 Å². The molecule has 0 aliphatic carbocycles. The molecule has 0 saturated carbocycles. The molecule has 0 radical (unpaired) electrons. The standard InChI is InChI=1S/C19H18FN5O2/c1-2-14(11-26)22-18-21-8-7-15(23-18)17-16(12-3-5-13(20)6-4-12)24-19-25(17)9-10-27-19/h3-10,14,26H,2,11H2,1H3,(H,21,22,23)/t14-/m0/s1. The van der Waals surface area contributed by atoms with Crippen LogP contribution in [-0.4, -0.2) is 37.1 Å². The van der Waals surface area contributed by atoms with E-state index in [-0.39, 0.29) is 18.5 Å². The van der Waals surface area contributed by atoms with E-state index in [1.807, 2.05) is 6.92 Å². The first-order valence-corrected chi connectivity index (χ1v) is 8.62. The highest BCUT2D eigenvalue weighted by Crippen LogP contribution is 2.32. The molecule has 0 unspecified atom stereocenters. The number of anilines is 1. The molecule has 0 aliphatic rings. The Morgan fingerprint density at radius 3 is 2.78 bits per heavy atom. The molecule has 4 aromatic rings. The zero-order chi connectivity index (χ0) is 18.8. The number of benzene rings is 1. The molecule has 3 heterocycles. The maximum Gasteiger partial charge on any atom is 0.306 e. The molecule has 1 aromatic carbocycles. The van der Waals surface area contributed by atoms with Crippen LogP contribution in [0.4, 0.5) is 10.3 Å². The summed E-state index contributed by atoms with van der Waals surface area (Å²) < 4.78 is 20.5. The van der Waals surface area contributed by atoms with Crippen molar-refractivity contribution in [2.75, 3.05) is 11.9 Å². The first kappa shape index (κ1) is 17.2. The Morgan fingerprint density at radius 1 is 1.22 bits per heavy atom. The van der Waals surface area contributed by atoms with E-state index in [1.54, 1.807) is 41.3 Å². The second-order valence-corrected chi connectivity index (χ2v) is 6.07. The summed E-state index contributed by atoms with van der Waals surface area (Å²) in [5.74, 6) is 0.516. The van der Waals surface area contributed by atoms with E-state index in [4.69, 9.17) is 4.42 Å². The quantitative estimate of drug-likeness (QED) is 0.543. The number of aliphatic hydroxyl groups excluding tert-OH is 1. The SMILES string of the molecule is CC[C@@H](CO)Nc1nccc(-c2c(-c3ccc(F)cc3)nc3occn23)n1. The summed E-state index contributed by atoms with van der Waals surface area (Å²) in [6.45, 7) is 1.96. The fourth-order valence-electron chi connectivity index (χ4n) is 2.86. The predicted molar refractivity (Wildman–Crippen MR) is 98.7 cm³/mol. The number of aromatic nitrogens is 4. The molecule has 0 amide bonds. The average Bonchev–Trinajstić information content (AvgIpc) is 3.28. The highest BCUT2D eigenvalue weighted by Gasteiger charge is 2.19. The topological polar surface area (TPSA) is 88.5 Å². The fourth-order valence-corrected chi connectivity index (χ4v) is 2.86. The van der Waals surface area contributed by atoms with E-state index in [2.05, 4.69) is 20.3 Å². The van der Waals surface area contributed by atoms with Gasteiger partial charge in [-0.1, -0.05) is 6.92 Å². The average molecular weight is 367 g/mol. The van der Waals surface area contributed by atoms with Crippen LogP contribution < -0.4 is 5.32 Å². The van der Waals surface area contributed by atoms with Gasteiger partial charge < -0.3 is 14.8 Å². The molecule has 0 spiro atoms. The minimum Gasteiger partial charge on any atom is -0.432 e. The van der Waals surface area contributed by atoms with Crippen molar-refractivity contribution in [3.63, 3.8) is 0 Å². The number of halogens is 1. The number of fused-ring (bicyclic) bond motifs is 1.